The van der Waals surface area contributed by atoms with E-state index in [0.29, 0.717) is 0 Å². The second-order valence-corrected chi connectivity index (χ2v) is 4.13. The van der Waals surface area contributed by atoms with Gasteiger partial charge in [-0.1, -0.05) is 27.7 Å². The number of hydrogen-bond acceptors (Lipinski definition) is 1. The fourth-order valence-electron chi connectivity index (χ4n) is 1.58. The zero-order chi connectivity index (χ0) is 8.48. The second kappa shape index (κ2) is 2.88. The molecule has 0 fully saturated rings. The Morgan fingerprint density at radius 2 is 2.00 bits per heavy atom. The van der Waals surface area contributed by atoms with Gasteiger partial charge in [0.1, 0.15) is 5.76 Å². The first-order chi connectivity index (χ1) is 5.05. The number of rotatable bonds is 1. The maximum Gasteiger partial charge on any atom is 0.101 e. The van der Waals surface area contributed by atoms with Crippen LogP contribution in [0.1, 0.15) is 40.5 Å². The Kier molecular flexibility index (Phi) is 2.26. The molecule has 1 aliphatic heterocycles. The van der Waals surface area contributed by atoms with Crippen molar-refractivity contribution < 1.29 is 4.74 Å². The van der Waals surface area contributed by atoms with E-state index in [-0.39, 0.29) is 5.41 Å². The fourth-order valence-corrected chi connectivity index (χ4v) is 1.58. The number of hydrogen-bond donors (Lipinski definition) is 0. The molecule has 0 radical (unpaired) electrons. The van der Waals surface area contributed by atoms with E-state index >= 15 is 0 Å². The Bertz CT molecular complexity index is 172. The van der Waals surface area contributed by atoms with Crippen molar-refractivity contribution in [2.75, 3.05) is 6.61 Å². The molecule has 1 rings (SSSR count). The normalized spacial score (nSPS) is 18.9. The molecule has 64 valence electrons. The van der Waals surface area contributed by atoms with E-state index in [4.69, 9.17) is 4.74 Å². The highest BCUT2D eigenvalue weighted by atomic mass is 16.5. The molecule has 1 heteroatoms. The van der Waals surface area contributed by atoms with Gasteiger partial charge in [-0.2, -0.15) is 0 Å². The van der Waals surface area contributed by atoms with Crippen LogP contribution in [0.3, 0.4) is 0 Å². The minimum Gasteiger partial charge on any atom is -0.497 e. The van der Waals surface area contributed by atoms with Gasteiger partial charge in [-0.05, 0) is 12.0 Å². The Labute approximate surface area is 69.4 Å². The van der Waals surface area contributed by atoms with E-state index in [2.05, 4.69) is 27.7 Å². The zero-order valence-corrected chi connectivity index (χ0v) is 8.03. The van der Waals surface area contributed by atoms with Gasteiger partial charge < -0.3 is 4.74 Å². The van der Waals surface area contributed by atoms with Crippen molar-refractivity contribution in [1.82, 2.24) is 0 Å². The smallest absolute Gasteiger partial charge is 0.101 e. The summed E-state index contributed by atoms with van der Waals surface area (Å²) in [5, 5.41) is 0. The molecule has 1 heterocycles. The Morgan fingerprint density at radius 3 is 2.36 bits per heavy atom. The van der Waals surface area contributed by atoms with Gasteiger partial charge in [0.05, 0.1) is 6.61 Å². The van der Waals surface area contributed by atoms with E-state index in [9.17, 15) is 0 Å². The highest BCUT2D eigenvalue weighted by Gasteiger charge is 2.25. The first-order valence-corrected chi connectivity index (χ1v) is 4.41. The number of allylic oxidation sites excluding steroid dienone is 1. The molecule has 0 amide bonds. The largest absolute Gasteiger partial charge is 0.497 e. The van der Waals surface area contributed by atoms with Crippen molar-refractivity contribution in [2.45, 2.75) is 40.5 Å². The van der Waals surface area contributed by atoms with Gasteiger partial charge in [0.2, 0.25) is 0 Å². The maximum absolute atomic E-state index is 5.60. The van der Waals surface area contributed by atoms with Gasteiger partial charge in [0, 0.05) is 11.8 Å². The summed E-state index contributed by atoms with van der Waals surface area (Å²) in [4.78, 5) is 0. The van der Waals surface area contributed by atoms with Gasteiger partial charge in [-0.25, -0.2) is 0 Å². The predicted octanol–water partition coefficient (Wildman–Crippen LogP) is 3.12. The fraction of sp³-hybridized carbons (Fsp3) is 0.800. The van der Waals surface area contributed by atoms with E-state index < -0.39 is 0 Å². The maximum atomic E-state index is 5.60. The molecule has 0 saturated heterocycles. The monoisotopic (exact) mass is 154 g/mol. The highest BCUT2D eigenvalue weighted by Crippen LogP contribution is 2.35. The van der Waals surface area contributed by atoms with Crippen molar-refractivity contribution in [2.24, 2.45) is 5.41 Å². The summed E-state index contributed by atoms with van der Waals surface area (Å²) in [6.07, 6.45) is 2.29. The number of ether oxygens (including phenoxy) is 1. The summed E-state index contributed by atoms with van der Waals surface area (Å²) in [5.74, 6) is 1.24. The lowest BCUT2D eigenvalue weighted by atomic mass is 9.90. The van der Waals surface area contributed by atoms with Crippen molar-refractivity contribution >= 4 is 0 Å². The van der Waals surface area contributed by atoms with Crippen LogP contribution in [0.5, 0.6) is 0 Å². The van der Waals surface area contributed by atoms with Crippen LogP contribution in [0.2, 0.25) is 0 Å². The summed E-state index contributed by atoms with van der Waals surface area (Å²) < 4.78 is 5.60. The predicted molar refractivity (Wildman–Crippen MR) is 47.3 cm³/mol. The quantitative estimate of drug-likeness (QED) is 0.564. The van der Waals surface area contributed by atoms with Crippen LogP contribution in [-0.4, -0.2) is 6.61 Å². The molecule has 1 nitrogen and oxygen atoms in total. The molecule has 0 atom stereocenters. The van der Waals surface area contributed by atoms with Crippen molar-refractivity contribution in [1.29, 1.82) is 0 Å². The molecule has 0 aromatic rings. The lowest BCUT2D eigenvalue weighted by molar-refractivity contribution is 0.179. The van der Waals surface area contributed by atoms with Crippen molar-refractivity contribution in [3.05, 3.63) is 11.3 Å². The van der Waals surface area contributed by atoms with Crippen LogP contribution in [0.4, 0.5) is 0 Å². The molecule has 11 heavy (non-hydrogen) atoms. The molecular formula is C10H18O. The Hall–Kier alpha value is -0.460. The van der Waals surface area contributed by atoms with Gasteiger partial charge in [-0.3, -0.25) is 0 Å². The van der Waals surface area contributed by atoms with Crippen molar-refractivity contribution in [3.63, 3.8) is 0 Å². The van der Waals surface area contributed by atoms with Crippen LogP contribution in [0.25, 0.3) is 0 Å². The van der Waals surface area contributed by atoms with Gasteiger partial charge in [0.25, 0.3) is 0 Å². The van der Waals surface area contributed by atoms with Crippen LogP contribution >= 0.6 is 0 Å². The zero-order valence-electron chi connectivity index (χ0n) is 8.03. The topological polar surface area (TPSA) is 9.23 Å². The van der Waals surface area contributed by atoms with Gasteiger partial charge in [-0.15, -0.1) is 0 Å². The summed E-state index contributed by atoms with van der Waals surface area (Å²) in [6.45, 7) is 9.74. The molecule has 0 aliphatic carbocycles. The molecule has 0 aromatic heterocycles. The average molecular weight is 154 g/mol. The SMILES string of the molecule is CCC1=C(C(C)(C)C)OCC1. The summed E-state index contributed by atoms with van der Waals surface area (Å²) >= 11 is 0. The molecule has 0 aromatic carbocycles. The third kappa shape index (κ3) is 1.76. The van der Waals surface area contributed by atoms with Crippen LogP contribution in [0.15, 0.2) is 11.3 Å². The third-order valence-electron chi connectivity index (χ3n) is 2.08. The summed E-state index contributed by atoms with van der Waals surface area (Å²) in [7, 11) is 0. The Balaban J connectivity index is 2.83. The molecule has 0 spiro atoms. The first kappa shape index (κ1) is 8.63. The molecule has 0 unspecified atom stereocenters. The lowest BCUT2D eigenvalue weighted by Crippen LogP contribution is -2.10. The molecular weight excluding hydrogens is 136 g/mol. The van der Waals surface area contributed by atoms with E-state index in [1.54, 1.807) is 0 Å². The molecule has 1 aliphatic rings. The van der Waals surface area contributed by atoms with Crippen LogP contribution in [-0.2, 0) is 4.74 Å². The summed E-state index contributed by atoms with van der Waals surface area (Å²) in [5.41, 5.74) is 1.72. The highest BCUT2D eigenvalue weighted by molar-refractivity contribution is 5.17. The second-order valence-electron chi connectivity index (χ2n) is 4.13. The molecule has 0 saturated carbocycles. The minimum absolute atomic E-state index is 0.210. The average Bonchev–Trinajstić information content (AvgIpc) is 2.31. The lowest BCUT2D eigenvalue weighted by Gasteiger charge is -2.21. The van der Waals surface area contributed by atoms with E-state index in [0.717, 1.165) is 19.4 Å². The van der Waals surface area contributed by atoms with Crippen LogP contribution < -0.4 is 0 Å². The van der Waals surface area contributed by atoms with E-state index in [1.165, 1.54) is 11.3 Å². The van der Waals surface area contributed by atoms with Gasteiger partial charge in [0.15, 0.2) is 0 Å². The third-order valence-corrected chi connectivity index (χ3v) is 2.08. The first-order valence-electron chi connectivity index (χ1n) is 4.41. The standard InChI is InChI=1S/C10H18O/c1-5-8-6-7-11-9(8)10(2,3)4/h5-7H2,1-4H3. The van der Waals surface area contributed by atoms with Crippen molar-refractivity contribution in [3.8, 4) is 0 Å². The summed E-state index contributed by atoms with van der Waals surface area (Å²) in [6, 6.07) is 0. The van der Waals surface area contributed by atoms with E-state index in [1.807, 2.05) is 0 Å². The molecule has 0 bridgehead atoms. The van der Waals surface area contributed by atoms with Crippen LogP contribution in [0, 0.1) is 5.41 Å². The Morgan fingerprint density at radius 1 is 1.36 bits per heavy atom. The van der Waals surface area contributed by atoms with Gasteiger partial charge >= 0.3 is 0 Å². The molecule has 0 N–H and O–H groups in total. The minimum atomic E-state index is 0.210.